The normalized spacial score (nSPS) is 26.4. The lowest BCUT2D eigenvalue weighted by Gasteiger charge is -2.18. The summed E-state index contributed by atoms with van der Waals surface area (Å²) in [5, 5.41) is 6.41. The number of carbonyl (C=O) groups excluding carboxylic acids is 2. The standard InChI is InChI=1S/C23H30N4O4/c1-24-23(25-10-3-13-31-18-8-6-17(30-2)7-9-18)26-11-12-27-21(28)19-15-4-5-16(14-15)20(19)22(27)29/h4-9,15-16,19-20H,3,10-14H2,1-2H3,(H2,24,25,26). The highest BCUT2D eigenvalue weighted by Crippen LogP contribution is 2.52. The third kappa shape index (κ3) is 4.38. The maximum absolute atomic E-state index is 12.7. The van der Waals surface area contributed by atoms with Gasteiger partial charge in [-0.2, -0.15) is 0 Å². The Labute approximate surface area is 182 Å². The van der Waals surface area contributed by atoms with E-state index in [4.69, 9.17) is 9.47 Å². The van der Waals surface area contributed by atoms with Crippen LogP contribution in [0.5, 0.6) is 11.5 Å². The molecule has 1 aliphatic heterocycles. The van der Waals surface area contributed by atoms with E-state index in [1.54, 1.807) is 14.2 Å². The average Bonchev–Trinajstić information content (AvgIpc) is 3.47. The summed E-state index contributed by atoms with van der Waals surface area (Å²) >= 11 is 0. The summed E-state index contributed by atoms with van der Waals surface area (Å²) in [6.07, 6.45) is 5.98. The van der Waals surface area contributed by atoms with E-state index in [2.05, 4.69) is 27.8 Å². The van der Waals surface area contributed by atoms with Gasteiger partial charge in [0.2, 0.25) is 11.8 Å². The molecule has 1 saturated heterocycles. The molecule has 8 heteroatoms. The van der Waals surface area contributed by atoms with Crippen molar-refractivity contribution in [2.45, 2.75) is 12.8 Å². The molecule has 1 aromatic carbocycles. The molecule has 31 heavy (non-hydrogen) atoms. The number of guanidine groups is 1. The number of likely N-dealkylation sites (tertiary alicyclic amines) is 1. The van der Waals surface area contributed by atoms with E-state index in [-0.39, 0.29) is 35.5 Å². The largest absolute Gasteiger partial charge is 0.497 e. The molecule has 3 aliphatic rings. The van der Waals surface area contributed by atoms with Crippen LogP contribution in [0.1, 0.15) is 12.8 Å². The van der Waals surface area contributed by atoms with Gasteiger partial charge in [0.25, 0.3) is 0 Å². The topological polar surface area (TPSA) is 92.3 Å². The zero-order valence-corrected chi connectivity index (χ0v) is 18.0. The fourth-order valence-electron chi connectivity index (χ4n) is 4.83. The minimum atomic E-state index is -0.134. The molecule has 0 spiro atoms. The van der Waals surface area contributed by atoms with Gasteiger partial charge in [-0.05, 0) is 48.9 Å². The number of fused-ring (bicyclic) bond motifs is 5. The Morgan fingerprint density at radius 2 is 1.65 bits per heavy atom. The smallest absolute Gasteiger partial charge is 0.233 e. The number of nitrogens with one attached hydrogen (secondary N) is 2. The number of ether oxygens (including phenoxy) is 2. The second-order valence-corrected chi connectivity index (χ2v) is 8.13. The van der Waals surface area contributed by atoms with Gasteiger partial charge in [-0.1, -0.05) is 12.2 Å². The summed E-state index contributed by atoms with van der Waals surface area (Å²) in [7, 11) is 3.33. The van der Waals surface area contributed by atoms with E-state index in [9.17, 15) is 9.59 Å². The molecule has 2 bridgehead atoms. The zero-order valence-electron chi connectivity index (χ0n) is 18.0. The third-order valence-corrected chi connectivity index (χ3v) is 6.35. The molecular formula is C23H30N4O4. The monoisotopic (exact) mass is 426 g/mol. The Morgan fingerprint density at radius 1 is 1.03 bits per heavy atom. The van der Waals surface area contributed by atoms with E-state index in [0.717, 1.165) is 24.3 Å². The van der Waals surface area contributed by atoms with Gasteiger partial charge in [-0.15, -0.1) is 0 Å². The quantitative estimate of drug-likeness (QED) is 0.204. The van der Waals surface area contributed by atoms with Gasteiger partial charge in [0.1, 0.15) is 11.5 Å². The number of nitrogens with zero attached hydrogens (tertiary/aromatic N) is 2. The Morgan fingerprint density at radius 3 is 2.26 bits per heavy atom. The fourth-order valence-corrected chi connectivity index (χ4v) is 4.83. The van der Waals surface area contributed by atoms with E-state index < -0.39 is 0 Å². The number of aliphatic imine (C=N–C) groups is 1. The minimum Gasteiger partial charge on any atom is -0.497 e. The number of imide groups is 1. The molecule has 4 rings (SSSR count). The number of methoxy groups -OCH3 is 1. The summed E-state index contributed by atoms with van der Waals surface area (Å²) in [4.78, 5) is 31.0. The lowest BCUT2D eigenvalue weighted by atomic mass is 9.85. The number of amides is 2. The molecule has 2 N–H and O–H groups in total. The van der Waals surface area contributed by atoms with Crippen LogP contribution in [0.4, 0.5) is 0 Å². The molecule has 0 radical (unpaired) electrons. The first-order valence-corrected chi connectivity index (χ1v) is 10.9. The Balaban J connectivity index is 1.13. The maximum atomic E-state index is 12.7. The highest BCUT2D eigenvalue weighted by atomic mass is 16.5. The first-order valence-electron chi connectivity index (χ1n) is 10.9. The van der Waals surface area contributed by atoms with Crippen molar-refractivity contribution >= 4 is 17.8 Å². The molecule has 0 aromatic heterocycles. The van der Waals surface area contributed by atoms with Crippen molar-refractivity contribution < 1.29 is 19.1 Å². The molecule has 4 atom stereocenters. The van der Waals surface area contributed by atoms with Gasteiger partial charge < -0.3 is 20.1 Å². The van der Waals surface area contributed by atoms with Crippen LogP contribution >= 0.6 is 0 Å². The number of rotatable bonds is 9. The maximum Gasteiger partial charge on any atom is 0.233 e. The highest BCUT2D eigenvalue weighted by molar-refractivity contribution is 6.06. The van der Waals surface area contributed by atoms with Crippen LogP contribution in [-0.2, 0) is 9.59 Å². The summed E-state index contributed by atoms with van der Waals surface area (Å²) in [5.74, 6) is 2.46. The van der Waals surface area contributed by atoms with E-state index >= 15 is 0 Å². The van der Waals surface area contributed by atoms with Crippen molar-refractivity contribution in [3.05, 3.63) is 36.4 Å². The van der Waals surface area contributed by atoms with Gasteiger partial charge in [0.15, 0.2) is 5.96 Å². The predicted octanol–water partition coefficient (Wildman–Crippen LogP) is 1.44. The van der Waals surface area contributed by atoms with Gasteiger partial charge in [0.05, 0.1) is 25.6 Å². The lowest BCUT2D eigenvalue weighted by Crippen LogP contribution is -2.44. The number of hydrogen-bond acceptors (Lipinski definition) is 5. The molecule has 2 fully saturated rings. The van der Waals surface area contributed by atoms with Crippen molar-refractivity contribution in [3.8, 4) is 11.5 Å². The van der Waals surface area contributed by atoms with Gasteiger partial charge in [-0.3, -0.25) is 19.5 Å². The SMILES string of the molecule is CN=C(NCCCOc1ccc(OC)cc1)NCCN1C(=O)C2C3C=CC(C3)C2C1=O. The highest BCUT2D eigenvalue weighted by Gasteiger charge is 2.58. The first kappa shape index (κ1) is 21.2. The van der Waals surface area contributed by atoms with Gasteiger partial charge in [-0.25, -0.2) is 0 Å². The van der Waals surface area contributed by atoms with E-state index in [1.165, 1.54) is 4.90 Å². The van der Waals surface area contributed by atoms with Crippen molar-refractivity contribution in [2.75, 3.05) is 40.4 Å². The minimum absolute atomic E-state index is 0.00715. The lowest BCUT2D eigenvalue weighted by molar-refractivity contribution is -0.140. The van der Waals surface area contributed by atoms with Crippen LogP contribution in [0.3, 0.4) is 0 Å². The van der Waals surface area contributed by atoms with Gasteiger partial charge >= 0.3 is 0 Å². The predicted molar refractivity (Wildman–Crippen MR) is 117 cm³/mol. The van der Waals surface area contributed by atoms with Crippen LogP contribution in [0.25, 0.3) is 0 Å². The van der Waals surface area contributed by atoms with Crippen molar-refractivity contribution in [1.29, 1.82) is 0 Å². The van der Waals surface area contributed by atoms with E-state index in [0.29, 0.717) is 32.2 Å². The molecule has 1 heterocycles. The third-order valence-electron chi connectivity index (χ3n) is 6.35. The summed E-state index contributed by atoms with van der Waals surface area (Å²) < 4.78 is 10.8. The zero-order chi connectivity index (χ0) is 21.8. The summed E-state index contributed by atoms with van der Waals surface area (Å²) in [6.45, 7) is 2.11. The average molecular weight is 427 g/mol. The molecule has 1 saturated carbocycles. The van der Waals surface area contributed by atoms with Crippen LogP contribution in [-0.4, -0.2) is 63.1 Å². The second kappa shape index (κ2) is 9.41. The van der Waals surface area contributed by atoms with Crippen molar-refractivity contribution in [3.63, 3.8) is 0 Å². The fraction of sp³-hybridized carbons (Fsp3) is 0.522. The Kier molecular flexibility index (Phi) is 6.44. The van der Waals surface area contributed by atoms with Crippen molar-refractivity contribution in [2.24, 2.45) is 28.7 Å². The summed E-state index contributed by atoms with van der Waals surface area (Å²) in [6, 6.07) is 7.49. The Hall–Kier alpha value is -3.03. The summed E-state index contributed by atoms with van der Waals surface area (Å²) in [5.41, 5.74) is 0. The second-order valence-electron chi connectivity index (χ2n) is 8.13. The molecule has 2 aliphatic carbocycles. The number of carbonyl (C=O) groups is 2. The van der Waals surface area contributed by atoms with Crippen LogP contribution in [0.15, 0.2) is 41.4 Å². The first-order chi connectivity index (χ1) is 15.1. The number of hydrogen-bond donors (Lipinski definition) is 2. The molecule has 2 amide bonds. The molecule has 1 aromatic rings. The van der Waals surface area contributed by atoms with E-state index in [1.807, 2.05) is 24.3 Å². The number of benzene rings is 1. The van der Waals surface area contributed by atoms with Crippen molar-refractivity contribution in [1.82, 2.24) is 15.5 Å². The Bertz CT molecular complexity index is 837. The molecule has 8 nitrogen and oxygen atoms in total. The molecule has 166 valence electrons. The number of allylic oxidation sites excluding steroid dienone is 2. The van der Waals surface area contributed by atoms with Crippen LogP contribution in [0.2, 0.25) is 0 Å². The van der Waals surface area contributed by atoms with Crippen LogP contribution in [0, 0.1) is 23.7 Å². The molecule has 4 unspecified atom stereocenters. The molecular weight excluding hydrogens is 396 g/mol. The van der Waals surface area contributed by atoms with Crippen LogP contribution < -0.4 is 20.1 Å². The van der Waals surface area contributed by atoms with Gasteiger partial charge in [0, 0.05) is 26.7 Å².